The molecule has 0 radical (unpaired) electrons. The van der Waals surface area contributed by atoms with E-state index in [2.05, 4.69) is 37.1 Å². The summed E-state index contributed by atoms with van der Waals surface area (Å²) < 4.78 is 6.03. The molecule has 1 aliphatic rings. The molecule has 1 aromatic rings. The summed E-state index contributed by atoms with van der Waals surface area (Å²) in [5.41, 5.74) is 1.24. The van der Waals surface area contributed by atoms with E-state index in [1.165, 1.54) is 24.8 Å². The molecule has 1 aromatic heterocycles. The Kier molecular flexibility index (Phi) is 5.20. The van der Waals surface area contributed by atoms with Crippen molar-refractivity contribution in [2.75, 3.05) is 0 Å². The molecule has 1 N–H and O–H groups in total. The van der Waals surface area contributed by atoms with Gasteiger partial charge in [-0.25, -0.2) is 4.98 Å². The number of ether oxygens (including phenoxy) is 1. The molecule has 1 aliphatic carbocycles. The zero-order valence-corrected chi connectivity index (χ0v) is 12.4. The van der Waals surface area contributed by atoms with Crippen molar-refractivity contribution < 1.29 is 4.74 Å². The summed E-state index contributed by atoms with van der Waals surface area (Å²) in [6, 6.07) is 4.61. The van der Waals surface area contributed by atoms with Crippen LogP contribution in [0.5, 0.6) is 5.88 Å². The van der Waals surface area contributed by atoms with E-state index in [1.807, 2.05) is 12.3 Å². The fourth-order valence-corrected chi connectivity index (χ4v) is 2.60. The van der Waals surface area contributed by atoms with Gasteiger partial charge in [0.05, 0.1) is 0 Å². The Hall–Kier alpha value is -1.09. The summed E-state index contributed by atoms with van der Waals surface area (Å²) in [6.45, 7) is 7.49. The van der Waals surface area contributed by atoms with Gasteiger partial charge in [-0.2, -0.15) is 0 Å². The first-order chi connectivity index (χ1) is 9.13. The summed E-state index contributed by atoms with van der Waals surface area (Å²) in [4.78, 5) is 4.34. The second-order valence-electron chi connectivity index (χ2n) is 6.05. The van der Waals surface area contributed by atoms with Crippen LogP contribution in [-0.2, 0) is 6.54 Å². The molecule has 3 nitrogen and oxygen atoms in total. The van der Waals surface area contributed by atoms with E-state index in [4.69, 9.17) is 4.74 Å². The SMILES string of the molecule is CC1CCCC(Oc2cc(CNC(C)C)ccn2)C1. The lowest BCUT2D eigenvalue weighted by atomic mass is 9.89. The first-order valence-electron chi connectivity index (χ1n) is 7.48. The average Bonchev–Trinajstić information content (AvgIpc) is 2.37. The van der Waals surface area contributed by atoms with Gasteiger partial charge >= 0.3 is 0 Å². The minimum atomic E-state index is 0.351. The smallest absolute Gasteiger partial charge is 0.213 e. The predicted octanol–water partition coefficient (Wildman–Crippen LogP) is 3.54. The zero-order chi connectivity index (χ0) is 13.7. The number of hydrogen-bond acceptors (Lipinski definition) is 3. The van der Waals surface area contributed by atoms with Crippen molar-refractivity contribution in [3.63, 3.8) is 0 Å². The van der Waals surface area contributed by atoms with E-state index < -0.39 is 0 Å². The molecule has 2 atom stereocenters. The summed E-state index contributed by atoms with van der Waals surface area (Å²) in [6.07, 6.45) is 7.14. The maximum Gasteiger partial charge on any atom is 0.213 e. The van der Waals surface area contributed by atoms with Crippen LogP contribution in [0.4, 0.5) is 0 Å². The van der Waals surface area contributed by atoms with Crippen LogP contribution in [0.15, 0.2) is 18.3 Å². The second-order valence-corrected chi connectivity index (χ2v) is 6.05. The molecule has 1 saturated carbocycles. The van der Waals surface area contributed by atoms with Crippen LogP contribution in [0.1, 0.15) is 52.0 Å². The topological polar surface area (TPSA) is 34.1 Å². The van der Waals surface area contributed by atoms with E-state index in [9.17, 15) is 0 Å². The Morgan fingerprint density at radius 1 is 1.42 bits per heavy atom. The van der Waals surface area contributed by atoms with Crippen molar-refractivity contribution in [1.82, 2.24) is 10.3 Å². The molecule has 3 heteroatoms. The molecular formula is C16H26N2O. The van der Waals surface area contributed by atoms with E-state index in [-0.39, 0.29) is 0 Å². The molecule has 106 valence electrons. The maximum absolute atomic E-state index is 6.03. The molecule has 1 heterocycles. The van der Waals surface area contributed by atoms with E-state index in [0.29, 0.717) is 12.1 Å². The maximum atomic E-state index is 6.03. The quantitative estimate of drug-likeness (QED) is 0.881. The molecule has 2 unspecified atom stereocenters. The number of aromatic nitrogens is 1. The van der Waals surface area contributed by atoms with Crippen LogP contribution < -0.4 is 10.1 Å². The fourth-order valence-electron chi connectivity index (χ4n) is 2.60. The van der Waals surface area contributed by atoms with Gasteiger partial charge in [0.2, 0.25) is 5.88 Å². The Morgan fingerprint density at radius 2 is 2.26 bits per heavy atom. The average molecular weight is 262 g/mol. The van der Waals surface area contributed by atoms with Crippen molar-refractivity contribution in [3.8, 4) is 5.88 Å². The number of pyridine rings is 1. The van der Waals surface area contributed by atoms with Crippen LogP contribution in [0.2, 0.25) is 0 Å². The highest BCUT2D eigenvalue weighted by Crippen LogP contribution is 2.26. The van der Waals surface area contributed by atoms with Crippen molar-refractivity contribution in [2.24, 2.45) is 5.92 Å². The number of nitrogens with zero attached hydrogens (tertiary/aromatic N) is 1. The molecule has 0 aliphatic heterocycles. The third-order valence-corrected chi connectivity index (χ3v) is 3.69. The van der Waals surface area contributed by atoms with Crippen LogP contribution in [0.3, 0.4) is 0 Å². The van der Waals surface area contributed by atoms with Gasteiger partial charge in [0.15, 0.2) is 0 Å². The predicted molar refractivity (Wildman–Crippen MR) is 78.3 cm³/mol. The summed E-state index contributed by atoms with van der Waals surface area (Å²) in [7, 11) is 0. The highest BCUT2D eigenvalue weighted by atomic mass is 16.5. The first-order valence-corrected chi connectivity index (χ1v) is 7.48. The largest absolute Gasteiger partial charge is 0.474 e. The number of rotatable bonds is 5. The Balaban J connectivity index is 1.90. The molecule has 19 heavy (non-hydrogen) atoms. The van der Waals surface area contributed by atoms with Crippen molar-refractivity contribution in [2.45, 2.75) is 65.1 Å². The van der Waals surface area contributed by atoms with E-state index >= 15 is 0 Å². The van der Waals surface area contributed by atoms with Gasteiger partial charge in [0.25, 0.3) is 0 Å². The lowest BCUT2D eigenvalue weighted by Crippen LogP contribution is -2.25. The number of nitrogens with one attached hydrogen (secondary N) is 1. The van der Waals surface area contributed by atoms with Crippen molar-refractivity contribution >= 4 is 0 Å². The lowest BCUT2D eigenvalue weighted by Gasteiger charge is -2.27. The van der Waals surface area contributed by atoms with Gasteiger partial charge in [-0.1, -0.05) is 27.2 Å². The van der Waals surface area contributed by atoms with Crippen LogP contribution in [0, 0.1) is 5.92 Å². The molecule has 0 amide bonds. The van der Waals surface area contributed by atoms with Crippen molar-refractivity contribution in [1.29, 1.82) is 0 Å². The zero-order valence-electron chi connectivity index (χ0n) is 12.4. The molecule has 0 spiro atoms. The molecule has 0 bridgehead atoms. The standard InChI is InChI=1S/C16H26N2O/c1-12(2)18-11-14-7-8-17-16(10-14)19-15-6-4-5-13(3)9-15/h7-8,10,12-13,15,18H,4-6,9,11H2,1-3H3. The molecular weight excluding hydrogens is 236 g/mol. The number of hydrogen-bond donors (Lipinski definition) is 1. The van der Waals surface area contributed by atoms with Crippen molar-refractivity contribution in [3.05, 3.63) is 23.9 Å². The van der Waals surface area contributed by atoms with E-state index in [1.54, 1.807) is 0 Å². The molecule has 2 rings (SSSR count). The highest BCUT2D eigenvalue weighted by Gasteiger charge is 2.20. The second kappa shape index (κ2) is 6.90. The normalized spacial score (nSPS) is 23.6. The van der Waals surface area contributed by atoms with Gasteiger partial charge in [0.1, 0.15) is 6.10 Å². The fraction of sp³-hybridized carbons (Fsp3) is 0.688. The van der Waals surface area contributed by atoms with Gasteiger partial charge < -0.3 is 10.1 Å². The molecule has 0 saturated heterocycles. The van der Waals surface area contributed by atoms with Crippen LogP contribution in [0.25, 0.3) is 0 Å². The van der Waals surface area contributed by atoms with Gasteiger partial charge in [-0.15, -0.1) is 0 Å². The van der Waals surface area contributed by atoms with Crippen LogP contribution >= 0.6 is 0 Å². The third-order valence-electron chi connectivity index (χ3n) is 3.69. The first kappa shape index (κ1) is 14.3. The van der Waals surface area contributed by atoms with Gasteiger partial charge in [-0.3, -0.25) is 0 Å². The summed E-state index contributed by atoms with van der Waals surface area (Å²) in [5, 5.41) is 3.42. The molecule has 1 fully saturated rings. The van der Waals surface area contributed by atoms with E-state index in [0.717, 1.165) is 24.8 Å². The Labute approximate surface area is 116 Å². The Morgan fingerprint density at radius 3 is 3.00 bits per heavy atom. The summed E-state index contributed by atoms with van der Waals surface area (Å²) >= 11 is 0. The van der Waals surface area contributed by atoms with Gasteiger partial charge in [0, 0.05) is 24.8 Å². The molecule has 0 aromatic carbocycles. The third kappa shape index (κ3) is 4.83. The summed E-state index contributed by atoms with van der Waals surface area (Å²) in [5.74, 6) is 1.56. The van der Waals surface area contributed by atoms with Crippen LogP contribution in [-0.4, -0.2) is 17.1 Å². The lowest BCUT2D eigenvalue weighted by molar-refractivity contribution is 0.124. The minimum absolute atomic E-state index is 0.351. The minimum Gasteiger partial charge on any atom is -0.474 e. The van der Waals surface area contributed by atoms with Gasteiger partial charge in [-0.05, 0) is 36.8 Å². The Bertz CT molecular complexity index is 392. The monoisotopic (exact) mass is 262 g/mol. The highest BCUT2D eigenvalue weighted by molar-refractivity contribution is 5.20.